The van der Waals surface area contributed by atoms with E-state index in [1.54, 1.807) is 6.08 Å². The van der Waals surface area contributed by atoms with Gasteiger partial charge in [-0.2, -0.15) is 0 Å². The van der Waals surface area contributed by atoms with Crippen molar-refractivity contribution in [1.82, 2.24) is 0 Å². The molecule has 0 heterocycles. The molecule has 0 aliphatic heterocycles. The summed E-state index contributed by atoms with van der Waals surface area (Å²) in [4.78, 5) is 38.7. The molecule has 0 aromatic heterocycles. The highest BCUT2D eigenvalue weighted by molar-refractivity contribution is 5.74. The molecule has 2 fully saturated rings. The average Bonchev–Trinajstić information content (AvgIpc) is 4.00. The van der Waals surface area contributed by atoms with Gasteiger partial charge in [-0.05, 0) is 165 Å². The second-order valence-corrected chi connectivity index (χ2v) is 22.6. The van der Waals surface area contributed by atoms with Gasteiger partial charge in [0.2, 0.25) is 0 Å². The highest BCUT2D eigenvalue weighted by Gasteiger charge is 2.57. The zero-order valence-corrected chi connectivity index (χ0v) is 41.5. The lowest BCUT2D eigenvalue weighted by atomic mass is 9.52. The SMILES string of the molecule is CC1(CCCc2cc(C3Cc4cccc(c4)C4(CCC5C=c6ccccc6=C(O)C5C4)C(C(=O)O)C(C(O)(O)CC=O)C=CCC3CCCCCC(C=O)C3C=C(CCN)CC3)ccc2O)CCCC1. The van der Waals surface area contributed by atoms with E-state index in [2.05, 4.69) is 43.3 Å². The maximum atomic E-state index is 14.1. The number of carboxylic acid groups (broad SMARTS) is 1. The number of rotatable bonds is 19. The largest absolute Gasteiger partial charge is 0.511 e. The van der Waals surface area contributed by atoms with E-state index in [4.69, 9.17) is 5.73 Å². The van der Waals surface area contributed by atoms with Crippen molar-refractivity contribution in [2.75, 3.05) is 6.54 Å². The Kier molecular flexibility index (Phi) is 16.7. The molecule has 376 valence electrons. The molecule has 0 radical (unpaired) electrons. The summed E-state index contributed by atoms with van der Waals surface area (Å²) < 4.78 is 0. The number of carbonyl (C=O) groups is 3. The number of aldehydes is 2. The van der Waals surface area contributed by atoms with Gasteiger partial charge in [0, 0.05) is 28.4 Å². The molecule has 2 bridgehead atoms. The number of nitrogens with two attached hydrogens (primary N) is 1. The normalized spacial score (nSPS) is 27.9. The van der Waals surface area contributed by atoms with Gasteiger partial charge >= 0.3 is 5.97 Å². The van der Waals surface area contributed by atoms with Gasteiger partial charge in [0.05, 0.1) is 12.3 Å². The third kappa shape index (κ3) is 11.4. The number of aromatic hydroxyl groups is 1. The van der Waals surface area contributed by atoms with Crippen molar-refractivity contribution in [3.63, 3.8) is 0 Å². The average molecular weight is 954 g/mol. The van der Waals surface area contributed by atoms with Crippen molar-refractivity contribution in [3.05, 3.63) is 123 Å². The molecule has 8 rings (SSSR count). The number of aryl methyl sites for hydroxylation is 1. The summed E-state index contributed by atoms with van der Waals surface area (Å²) >= 11 is 0. The quantitative estimate of drug-likeness (QED) is 0.0295. The number of benzene rings is 3. The zero-order valence-electron chi connectivity index (χ0n) is 41.5. The fourth-order valence-electron chi connectivity index (χ4n) is 14.1. The van der Waals surface area contributed by atoms with Crippen molar-refractivity contribution in [2.24, 2.45) is 52.6 Å². The van der Waals surface area contributed by atoms with Crippen LogP contribution in [0.5, 0.6) is 5.75 Å². The molecule has 3 aromatic rings. The molecule has 5 aliphatic rings. The first-order valence-electron chi connectivity index (χ1n) is 26.8. The molecule has 0 amide bonds. The predicted octanol–water partition coefficient (Wildman–Crippen LogP) is 10.0. The Balaban J connectivity index is 1.16. The number of aliphatic hydroxyl groups is 3. The van der Waals surface area contributed by atoms with Gasteiger partial charge in [0.1, 0.15) is 24.1 Å². The fourth-order valence-corrected chi connectivity index (χ4v) is 14.1. The summed E-state index contributed by atoms with van der Waals surface area (Å²) in [6.07, 6.45) is 26.8. The third-order valence-corrected chi connectivity index (χ3v) is 18.1. The van der Waals surface area contributed by atoms with Gasteiger partial charge in [-0.1, -0.05) is 130 Å². The van der Waals surface area contributed by atoms with Crippen LogP contribution in [-0.4, -0.2) is 56.4 Å². The molecule has 5 aliphatic carbocycles. The molecule has 0 saturated heterocycles. The minimum Gasteiger partial charge on any atom is -0.511 e. The van der Waals surface area contributed by atoms with Crippen molar-refractivity contribution in [1.29, 1.82) is 0 Å². The van der Waals surface area contributed by atoms with E-state index in [1.165, 1.54) is 31.3 Å². The molecular formula is C61H79NO8. The Morgan fingerprint density at radius 2 is 1.71 bits per heavy atom. The summed E-state index contributed by atoms with van der Waals surface area (Å²) in [6.45, 7) is 3.03. The first-order valence-corrected chi connectivity index (χ1v) is 26.8. The standard InChI is InChI=1S/C61H79NO8/c1-59(27-7-8-28-59)29-11-17-48-38-46(23-24-55(48)65)52-36-42-12-9-18-50(35-42)60(30-25-47-37-45-14-5-6-19-51(45)57(66)53(47)39-60)56(58(67)68)54(61(69,70)31-33-63)20-10-16-43(52)13-3-2-4-15-49(40-64)44-22-21-41(34-44)26-32-62/h5-6,9-10,12,14,18-20,23-24,33-35,37-38,40,43-44,47,49,52-54,56,65-66,69-70H,2-4,7-8,11,13,15-17,21-22,25-32,36,39,62H2,1H3,(H,67,68). The molecule has 7 N–H and O–H groups in total. The molecule has 3 aromatic carbocycles. The highest BCUT2D eigenvalue weighted by atomic mass is 16.5. The summed E-state index contributed by atoms with van der Waals surface area (Å²) in [5.74, 6) is -6.19. The first-order chi connectivity index (χ1) is 33.8. The van der Waals surface area contributed by atoms with Gasteiger partial charge in [-0.3, -0.25) is 4.79 Å². The van der Waals surface area contributed by atoms with Crippen LogP contribution >= 0.6 is 0 Å². The van der Waals surface area contributed by atoms with Crippen LogP contribution in [0.4, 0.5) is 0 Å². The number of hydrogen-bond donors (Lipinski definition) is 6. The van der Waals surface area contributed by atoms with Gasteiger partial charge in [-0.15, -0.1) is 0 Å². The summed E-state index contributed by atoms with van der Waals surface area (Å²) in [6, 6.07) is 22.1. The Labute approximate surface area is 415 Å². The monoisotopic (exact) mass is 954 g/mol. The molecular weight excluding hydrogens is 875 g/mol. The van der Waals surface area contributed by atoms with Gasteiger partial charge in [0.15, 0.2) is 5.79 Å². The minimum absolute atomic E-state index is 0.0106. The number of aliphatic carboxylic acids is 1. The van der Waals surface area contributed by atoms with Crippen molar-refractivity contribution >= 4 is 30.4 Å². The number of phenolic OH excluding ortho intramolecular Hbond substituents is 1. The number of allylic oxidation sites excluding steroid dienone is 2. The van der Waals surface area contributed by atoms with Crippen molar-refractivity contribution < 1.29 is 39.9 Å². The molecule has 9 nitrogen and oxygen atoms in total. The summed E-state index contributed by atoms with van der Waals surface area (Å²) in [5.41, 5.74) is 10.3. The predicted molar refractivity (Wildman–Crippen MR) is 276 cm³/mol. The lowest BCUT2D eigenvalue weighted by molar-refractivity contribution is -0.212. The Morgan fingerprint density at radius 3 is 2.49 bits per heavy atom. The Bertz CT molecular complexity index is 2500. The van der Waals surface area contributed by atoms with E-state index in [0.717, 1.165) is 110 Å². The van der Waals surface area contributed by atoms with Gasteiger partial charge < -0.3 is 40.9 Å². The molecule has 2 saturated carbocycles. The number of fused-ring (bicyclic) bond motifs is 5. The Morgan fingerprint density at radius 1 is 0.900 bits per heavy atom. The number of carboxylic acids is 1. The molecule has 9 unspecified atom stereocenters. The van der Waals surface area contributed by atoms with Crippen LogP contribution in [-0.2, 0) is 32.6 Å². The van der Waals surface area contributed by atoms with Gasteiger partial charge in [-0.25, -0.2) is 0 Å². The minimum atomic E-state index is -2.67. The van der Waals surface area contributed by atoms with Gasteiger partial charge in [0.25, 0.3) is 0 Å². The van der Waals surface area contributed by atoms with Crippen LogP contribution in [0, 0.1) is 46.8 Å². The number of phenols is 1. The number of unbranched alkanes of at least 4 members (excludes halogenated alkanes) is 2. The topological polar surface area (TPSA) is 178 Å². The van der Waals surface area contributed by atoms with Crippen LogP contribution in [0.15, 0.2) is 90.5 Å². The van der Waals surface area contributed by atoms with E-state index < -0.39 is 41.3 Å². The first kappa shape index (κ1) is 51.5. The Hall–Kier alpha value is -4.83. The summed E-state index contributed by atoms with van der Waals surface area (Å²) in [5, 5.41) is 60.4. The van der Waals surface area contributed by atoms with Crippen LogP contribution in [0.1, 0.15) is 157 Å². The van der Waals surface area contributed by atoms with E-state index in [9.17, 15) is 39.9 Å². The molecule has 70 heavy (non-hydrogen) atoms. The number of hydrogen-bond acceptors (Lipinski definition) is 8. The van der Waals surface area contributed by atoms with Crippen LogP contribution in [0.25, 0.3) is 11.8 Å². The fraction of sp³-hybridized carbons (Fsp3) is 0.557. The molecule has 1 spiro atoms. The summed E-state index contributed by atoms with van der Waals surface area (Å²) in [7, 11) is 0. The van der Waals surface area contributed by atoms with E-state index in [1.807, 2.05) is 48.5 Å². The molecule has 9 atom stereocenters. The van der Waals surface area contributed by atoms with Crippen LogP contribution < -0.4 is 16.2 Å². The van der Waals surface area contributed by atoms with Crippen molar-refractivity contribution in [3.8, 4) is 5.75 Å². The zero-order chi connectivity index (χ0) is 49.5. The van der Waals surface area contributed by atoms with Crippen LogP contribution in [0.2, 0.25) is 0 Å². The van der Waals surface area contributed by atoms with E-state index >= 15 is 0 Å². The second kappa shape index (κ2) is 22.7. The van der Waals surface area contributed by atoms with E-state index in [-0.39, 0.29) is 41.8 Å². The highest BCUT2D eigenvalue weighted by Crippen LogP contribution is 2.56. The maximum absolute atomic E-state index is 14.1. The maximum Gasteiger partial charge on any atom is 0.308 e. The lowest BCUT2D eigenvalue weighted by Gasteiger charge is -2.51. The second-order valence-electron chi connectivity index (χ2n) is 22.6. The van der Waals surface area contributed by atoms with Crippen molar-refractivity contribution in [2.45, 2.75) is 159 Å². The smallest absolute Gasteiger partial charge is 0.308 e. The van der Waals surface area contributed by atoms with Crippen LogP contribution in [0.3, 0.4) is 0 Å². The number of carbonyl (C=O) groups excluding carboxylic acids is 2. The molecule has 9 heteroatoms. The van der Waals surface area contributed by atoms with E-state index in [0.29, 0.717) is 49.7 Å². The lowest BCUT2D eigenvalue weighted by Crippen LogP contribution is -2.55. The number of aliphatic hydroxyl groups excluding tert-OH is 1. The third-order valence-electron chi connectivity index (χ3n) is 18.1.